The lowest BCUT2D eigenvalue weighted by molar-refractivity contribution is -0.990. The lowest BCUT2D eigenvalue weighted by Gasteiger charge is -2.16. The van der Waals surface area contributed by atoms with Crippen molar-refractivity contribution in [2.45, 2.75) is 6.18 Å². The number of hydrogen-bond donors (Lipinski definition) is 3. The molecule has 0 radical (unpaired) electrons. The summed E-state index contributed by atoms with van der Waals surface area (Å²) in [4.78, 5) is 10.6. The van der Waals surface area contributed by atoms with E-state index in [0.717, 1.165) is 12.1 Å². The largest absolute Gasteiger partial charge is 0.595 e. The molecular formula is C8H7F3N2O3. The zero-order chi connectivity index (χ0) is 12.3. The van der Waals surface area contributed by atoms with Crippen LogP contribution < -0.4 is 10.5 Å². The number of anilines is 1. The van der Waals surface area contributed by atoms with Crippen molar-refractivity contribution < 1.29 is 28.4 Å². The molecule has 0 spiro atoms. The summed E-state index contributed by atoms with van der Waals surface area (Å²) in [7, 11) is 0. The Labute approximate surface area is 87.6 Å². The molecule has 0 fully saturated rings. The molecule has 5 nitrogen and oxygen atoms in total. The van der Waals surface area contributed by atoms with Crippen molar-refractivity contribution in [2.75, 3.05) is 5.32 Å². The van der Waals surface area contributed by atoms with Crippen molar-refractivity contribution >= 4 is 17.3 Å². The molecule has 0 saturated heterocycles. The van der Waals surface area contributed by atoms with Crippen LogP contribution in [0, 0.1) is 5.21 Å². The van der Waals surface area contributed by atoms with Crippen LogP contribution in [0.5, 0.6) is 0 Å². The highest BCUT2D eigenvalue weighted by atomic mass is 19.4. The minimum Gasteiger partial charge on any atom is -0.595 e. The molecular weight excluding hydrogens is 229 g/mol. The molecule has 1 unspecified atom stereocenters. The second kappa shape index (κ2) is 4.47. The average molecular weight is 236 g/mol. The van der Waals surface area contributed by atoms with Crippen LogP contribution in [0.15, 0.2) is 24.3 Å². The van der Waals surface area contributed by atoms with E-state index in [2.05, 4.69) is 0 Å². The van der Waals surface area contributed by atoms with Crippen LogP contribution in [-0.2, 0) is 4.79 Å². The maximum atomic E-state index is 11.9. The van der Waals surface area contributed by atoms with Crippen LogP contribution in [0.2, 0.25) is 0 Å². The number of amides is 1. The molecule has 1 rings (SSSR count). The van der Waals surface area contributed by atoms with Gasteiger partial charge in [-0.25, -0.2) is 5.21 Å². The third-order valence-electron chi connectivity index (χ3n) is 1.66. The molecule has 0 heterocycles. The number of rotatable bonds is 2. The fourth-order valence-electron chi connectivity index (χ4n) is 0.972. The number of para-hydroxylation sites is 2. The number of halogens is 3. The van der Waals surface area contributed by atoms with Gasteiger partial charge >= 0.3 is 12.1 Å². The molecule has 3 N–H and O–H groups in total. The molecule has 1 aromatic carbocycles. The molecule has 0 aliphatic carbocycles. The highest BCUT2D eigenvalue weighted by Crippen LogP contribution is 2.21. The minimum absolute atomic E-state index is 0.391. The number of alkyl halides is 3. The first-order chi connectivity index (χ1) is 7.32. The summed E-state index contributed by atoms with van der Waals surface area (Å²) in [5.41, 5.74) is -0.794. The van der Waals surface area contributed by atoms with Crippen LogP contribution in [0.4, 0.5) is 24.5 Å². The molecule has 0 aliphatic heterocycles. The first-order valence-corrected chi connectivity index (χ1v) is 4.03. The molecule has 88 valence electrons. The average Bonchev–Trinajstić information content (AvgIpc) is 2.16. The Kier molecular flexibility index (Phi) is 3.48. The highest BCUT2D eigenvalue weighted by molar-refractivity contribution is 5.96. The van der Waals surface area contributed by atoms with E-state index in [-0.39, 0.29) is 0 Å². The van der Waals surface area contributed by atoms with Crippen LogP contribution >= 0.6 is 0 Å². The van der Waals surface area contributed by atoms with Crippen molar-refractivity contribution in [3.63, 3.8) is 0 Å². The maximum absolute atomic E-state index is 11.9. The first kappa shape index (κ1) is 12.4. The Balaban J connectivity index is 2.94. The number of quaternary nitrogens is 1. The van der Waals surface area contributed by atoms with Gasteiger partial charge in [-0.2, -0.15) is 18.4 Å². The second-order valence-electron chi connectivity index (χ2n) is 2.80. The van der Waals surface area contributed by atoms with Gasteiger partial charge in [0.15, 0.2) is 5.69 Å². The van der Waals surface area contributed by atoms with E-state index in [1.165, 1.54) is 17.4 Å². The number of nitrogens with one attached hydrogen (secondary N) is 2. The van der Waals surface area contributed by atoms with Crippen LogP contribution in [0.25, 0.3) is 0 Å². The molecule has 1 amide bonds. The SMILES string of the molecule is O=C(Nc1ccccc1[NH+]([O-])O)C(F)(F)F. The molecule has 0 aromatic heterocycles. The number of carbonyl (C=O) groups excluding carboxylic acids is 1. The number of carbonyl (C=O) groups is 1. The van der Waals surface area contributed by atoms with E-state index in [9.17, 15) is 23.2 Å². The summed E-state index contributed by atoms with van der Waals surface area (Å²) in [6, 6.07) is 4.83. The Morgan fingerprint density at radius 3 is 2.44 bits per heavy atom. The van der Waals surface area contributed by atoms with E-state index in [4.69, 9.17) is 5.21 Å². The molecule has 1 aromatic rings. The third-order valence-corrected chi connectivity index (χ3v) is 1.66. The van der Waals surface area contributed by atoms with Crippen LogP contribution in [-0.4, -0.2) is 17.3 Å². The zero-order valence-electron chi connectivity index (χ0n) is 7.71. The number of benzene rings is 1. The van der Waals surface area contributed by atoms with E-state index < -0.39 is 28.7 Å². The maximum Gasteiger partial charge on any atom is 0.471 e. The monoisotopic (exact) mass is 236 g/mol. The van der Waals surface area contributed by atoms with E-state index in [1.54, 1.807) is 0 Å². The van der Waals surface area contributed by atoms with Crippen LogP contribution in [0.3, 0.4) is 0 Å². The zero-order valence-corrected chi connectivity index (χ0v) is 7.71. The number of hydrogen-bond acceptors (Lipinski definition) is 3. The van der Waals surface area contributed by atoms with Gasteiger partial charge in [0.05, 0.1) is 0 Å². The van der Waals surface area contributed by atoms with Gasteiger partial charge in [-0.3, -0.25) is 4.79 Å². The topological polar surface area (TPSA) is 76.8 Å². The predicted molar refractivity (Wildman–Crippen MR) is 46.9 cm³/mol. The van der Waals surface area contributed by atoms with Crippen molar-refractivity contribution in [3.8, 4) is 0 Å². The van der Waals surface area contributed by atoms with Gasteiger partial charge in [0.2, 0.25) is 0 Å². The third kappa shape index (κ3) is 2.92. The summed E-state index contributed by atoms with van der Waals surface area (Å²) in [5, 5.41) is 19.3. The quantitative estimate of drug-likeness (QED) is 0.658. The van der Waals surface area contributed by atoms with Gasteiger partial charge in [0.1, 0.15) is 5.69 Å². The summed E-state index contributed by atoms with van der Waals surface area (Å²) in [5.74, 6) is -2.21. The van der Waals surface area contributed by atoms with Crippen molar-refractivity contribution in [1.82, 2.24) is 0 Å². The fourth-order valence-corrected chi connectivity index (χ4v) is 0.972. The molecule has 0 saturated carbocycles. The summed E-state index contributed by atoms with van der Waals surface area (Å²) >= 11 is 0. The summed E-state index contributed by atoms with van der Waals surface area (Å²) in [6.07, 6.45) is -5.05. The molecule has 8 heteroatoms. The van der Waals surface area contributed by atoms with Crippen molar-refractivity contribution in [2.24, 2.45) is 0 Å². The molecule has 0 bridgehead atoms. The Morgan fingerprint density at radius 2 is 1.94 bits per heavy atom. The second-order valence-corrected chi connectivity index (χ2v) is 2.80. The van der Waals surface area contributed by atoms with Gasteiger partial charge in [-0.1, -0.05) is 12.1 Å². The minimum atomic E-state index is -5.05. The smallest absolute Gasteiger partial charge is 0.471 e. The molecule has 1 atom stereocenters. The van der Waals surface area contributed by atoms with Gasteiger partial charge in [-0.15, -0.1) is 0 Å². The normalized spacial score (nSPS) is 13.3. The molecule has 0 aliphatic rings. The Bertz CT molecular complexity index is 392. The van der Waals surface area contributed by atoms with Gasteiger partial charge in [-0.05, 0) is 6.07 Å². The highest BCUT2D eigenvalue weighted by Gasteiger charge is 2.39. The van der Waals surface area contributed by atoms with Gasteiger partial charge < -0.3 is 10.5 Å². The van der Waals surface area contributed by atoms with Crippen LogP contribution in [0.1, 0.15) is 0 Å². The Hall–Kier alpha value is -1.64. The van der Waals surface area contributed by atoms with E-state index in [0.29, 0.717) is 0 Å². The Morgan fingerprint density at radius 1 is 1.38 bits per heavy atom. The van der Waals surface area contributed by atoms with E-state index in [1.807, 2.05) is 0 Å². The fraction of sp³-hybridized carbons (Fsp3) is 0.125. The van der Waals surface area contributed by atoms with Crippen molar-refractivity contribution in [1.29, 1.82) is 0 Å². The van der Waals surface area contributed by atoms with E-state index >= 15 is 0 Å². The standard InChI is InChI=1S/C8H7F3N2O3/c9-8(10,11)7(14)12-5-3-1-2-4-6(5)13(15)16/h1-4,13,15H,(H,12,14). The summed E-state index contributed by atoms with van der Waals surface area (Å²) < 4.78 is 35.7. The predicted octanol–water partition coefficient (Wildman–Crippen LogP) is 0.591. The molecule has 16 heavy (non-hydrogen) atoms. The lowest BCUT2D eigenvalue weighted by atomic mass is 10.2. The lowest BCUT2D eigenvalue weighted by Crippen LogP contribution is -2.99. The van der Waals surface area contributed by atoms with Crippen molar-refractivity contribution in [3.05, 3.63) is 29.5 Å². The first-order valence-electron chi connectivity index (χ1n) is 4.03. The summed E-state index contributed by atoms with van der Waals surface area (Å²) in [6.45, 7) is 0. The van der Waals surface area contributed by atoms with Gasteiger partial charge in [0.25, 0.3) is 0 Å². The van der Waals surface area contributed by atoms with Gasteiger partial charge in [0, 0.05) is 6.07 Å².